The molecule has 0 aliphatic rings. The van der Waals surface area contributed by atoms with Crippen molar-refractivity contribution in [1.29, 1.82) is 0 Å². The molecule has 0 atom stereocenters. The molecule has 2 rings (SSSR count). The Bertz CT molecular complexity index is 569. The normalized spacial score (nSPS) is 10.1. The van der Waals surface area contributed by atoms with Gasteiger partial charge in [0.2, 0.25) is 5.91 Å². The van der Waals surface area contributed by atoms with E-state index in [2.05, 4.69) is 26.2 Å². The number of rotatable bonds is 3. The molecule has 92 valence electrons. The molecule has 18 heavy (non-hydrogen) atoms. The summed E-state index contributed by atoms with van der Waals surface area (Å²) in [5.41, 5.74) is 2.15. The Hall–Kier alpha value is -1.68. The fourth-order valence-corrected chi connectivity index (χ4v) is 1.99. The first-order valence-corrected chi connectivity index (χ1v) is 6.41. The van der Waals surface area contributed by atoms with Gasteiger partial charge in [0, 0.05) is 0 Å². The molecule has 4 heteroatoms. The van der Waals surface area contributed by atoms with Gasteiger partial charge in [-0.3, -0.25) is 4.79 Å². The van der Waals surface area contributed by atoms with Gasteiger partial charge in [-0.05, 0) is 46.1 Å². The minimum atomic E-state index is -0.0603. The van der Waals surface area contributed by atoms with Gasteiger partial charge < -0.3 is 5.32 Å². The lowest BCUT2D eigenvalue weighted by molar-refractivity contribution is -0.115. The van der Waals surface area contributed by atoms with Crippen LogP contribution in [-0.4, -0.2) is 10.9 Å². The van der Waals surface area contributed by atoms with E-state index in [0.717, 1.165) is 11.1 Å². The Balaban J connectivity index is 2.03. The molecule has 1 heterocycles. The molecule has 3 nitrogen and oxygen atoms in total. The van der Waals surface area contributed by atoms with Crippen molar-refractivity contribution in [2.45, 2.75) is 13.3 Å². The molecule has 0 radical (unpaired) electrons. The molecule has 0 aliphatic heterocycles. The minimum absolute atomic E-state index is 0.0603. The van der Waals surface area contributed by atoms with Gasteiger partial charge in [0.25, 0.3) is 0 Å². The smallest absolute Gasteiger partial charge is 0.229 e. The Morgan fingerprint density at radius 2 is 2.00 bits per heavy atom. The van der Waals surface area contributed by atoms with E-state index in [1.807, 2.05) is 43.3 Å². The summed E-state index contributed by atoms with van der Waals surface area (Å²) < 4.78 is 0.705. The summed E-state index contributed by atoms with van der Waals surface area (Å²) in [5, 5.41) is 2.78. The van der Waals surface area contributed by atoms with Crippen molar-refractivity contribution in [1.82, 2.24) is 4.98 Å². The summed E-state index contributed by atoms with van der Waals surface area (Å²) in [7, 11) is 0. The second-order valence-corrected chi connectivity index (χ2v) is 4.81. The van der Waals surface area contributed by atoms with Crippen molar-refractivity contribution in [2.24, 2.45) is 0 Å². The van der Waals surface area contributed by atoms with Crippen LogP contribution in [0.3, 0.4) is 0 Å². The van der Waals surface area contributed by atoms with Crippen molar-refractivity contribution in [2.75, 3.05) is 5.32 Å². The van der Waals surface area contributed by atoms with E-state index in [0.29, 0.717) is 16.8 Å². The number of hydrogen-bond acceptors (Lipinski definition) is 2. The van der Waals surface area contributed by atoms with Crippen LogP contribution in [0.2, 0.25) is 0 Å². The summed E-state index contributed by atoms with van der Waals surface area (Å²) in [6, 6.07) is 13.3. The Kier molecular flexibility index (Phi) is 4.10. The lowest BCUT2D eigenvalue weighted by Gasteiger charge is -2.06. The predicted molar refractivity (Wildman–Crippen MR) is 75.4 cm³/mol. The highest BCUT2D eigenvalue weighted by molar-refractivity contribution is 9.10. The molecule has 0 spiro atoms. The van der Waals surface area contributed by atoms with E-state index < -0.39 is 0 Å². The third-order valence-corrected chi connectivity index (χ3v) is 3.04. The molecule has 0 fully saturated rings. The van der Waals surface area contributed by atoms with Crippen LogP contribution in [0.5, 0.6) is 0 Å². The first kappa shape index (κ1) is 12.8. The summed E-state index contributed by atoms with van der Waals surface area (Å²) in [6.07, 6.45) is 0.362. The molecule has 0 saturated heterocycles. The van der Waals surface area contributed by atoms with Crippen LogP contribution in [0.25, 0.3) is 0 Å². The Morgan fingerprint density at radius 1 is 1.22 bits per heavy atom. The maximum absolute atomic E-state index is 11.9. The quantitative estimate of drug-likeness (QED) is 0.884. The molecule has 1 aromatic carbocycles. The van der Waals surface area contributed by atoms with Gasteiger partial charge in [-0.15, -0.1) is 0 Å². The summed E-state index contributed by atoms with van der Waals surface area (Å²) in [4.78, 5) is 16.0. The van der Waals surface area contributed by atoms with Crippen LogP contribution in [0.4, 0.5) is 5.82 Å². The molecule has 0 unspecified atom stereocenters. The zero-order valence-corrected chi connectivity index (χ0v) is 11.6. The van der Waals surface area contributed by atoms with E-state index in [1.165, 1.54) is 0 Å². The van der Waals surface area contributed by atoms with Gasteiger partial charge in [0.05, 0.1) is 6.42 Å². The zero-order chi connectivity index (χ0) is 13.0. The molecular weight excluding hydrogens is 292 g/mol. The zero-order valence-electron chi connectivity index (χ0n) is 9.98. The van der Waals surface area contributed by atoms with E-state index in [4.69, 9.17) is 0 Å². The largest absolute Gasteiger partial charge is 0.310 e. The lowest BCUT2D eigenvalue weighted by atomic mass is 10.1. The van der Waals surface area contributed by atoms with Gasteiger partial charge >= 0.3 is 0 Å². The van der Waals surface area contributed by atoms with Crippen molar-refractivity contribution >= 4 is 27.7 Å². The molecule has 0 saturated carbocycles. The number of nitrogens with one attached hydrogen (secondary N) is 1. The first-order valence-electron chi connectivity index (χ1n) is 5.62. The van der Waals surface area contributed by atoms with Crippen LogP contribution < -0.4 is 5.32 Å². The highest BCUT2D eigenvalue weighted by Crippen LogP contribution is 2.12. The number of amides is 1. The van der Waals surface area contributed by atoms with Gasteiger partial charge in [0.1, 0.15) is 10.4 Å². The average Bonchev–Trinajstić information content (AvgIpc) is 2.32. The van der Waals surface area contributed by atoms with Crippen LogP contribution in [0.1, 0.15) is 11.1 Å². The Labute approximate surface area is 114 Å². The molecule has 0 bridgehead atoms. The summed E-state index contributed by atoms with van der Waals surface area (Å²) >= 11 is 3.27. The van der Waals surface area contributed by atoms with Gasteiger partial charge in [0.15, 0.2) is 0 Å². The number of nitrogens with zero attached hydrogens (tertiary/aromatic N) is 1. The highest BCUT2D eigenvalue weighted by atomic mass is 79.9. The number of carbonyl (C=O) groups is 1. The minimum Gasteiger partial charge on any atom is -0.310 e. The Morgan fingerprint density at radius 3 is 2.72 bits per heavy atom. The third-order valence-electron chi connectivity index (χ3n) is 2.59. The van der Waals surface area contributed by atoms with Gasteiger partial charge in [-0.25, -0.2) is 4.98 Å². The third kappa shape index (κ3) is 3.40. The van der Waals surface area contributed by atoms with Crippen molar-refractivity contribution in [3.63, 3.8) is 0 Å². The monoisotopic (exact) mass is 304 g/mol. The molecule has 1 amide bonds. The molecule has 1 aromatic heterocycles. The summed E-state index contributed by atoms with van der Waals surface area (Å²) in [5.74, 6) is 0.498. The number of pyridine rings is 1. The second-order valence-electron chi connectivity index (χ2n) is 4.00. The average molecular weight is 305 g/mol. The standard InChI is InChI=1S/C14H13BrN2O/c1-10-5-2-3-6-11(10)9-14(18)17-13-8-4-7-12(15)16-13/h2-8H,9H2,1H3,(H,16,17,18). The second kappa shape index (κ2) is 5.78. The fraction of sp³-hybridized carbons (Fsp3) is 0.143. The van der Waals surface area contributed by atoms with E-state index >= 15 is 0 Å². The summed E-state index contributed by atoms with van der Waals surface area (Å²) in [6.45, 7) is 2.00. The van der Waals surface area contributed by atoms with Crippen LogP contribution in [-0.2, 0) is 11.2 Å². The topological polar surface area (TPSA) is 42.0 Å². The van der Waals surface area contributed by atoms with Crippen molar-refractivity contribution in [3.05, 3.63) is 58.2 Å². The van der Waals surface area contributed by atoms with E-state index in [1.54, 1.807) is 6.07 Å². The highest BCUT2D eigenvalue weighted by Gasteiger charge is 2.06. The number of benzene rings is 1. The van der Waals surface area contributed by atoms with Gasteiger partial charge in [-0.1, -0.05) is 30.3 Å². The van der Waals surface area contributed by atoms with E-state index in [9.17, 15) is 4.79 Å². The maximum Gasteiger partial charge on any atom is 0.229 e. The van der Waals surface area contributed by atoms with E-state index in [-0.39, 0.29) is 5.91 Å². The molecule has 0 aliphatic carbocycles. The fourth-order valence-electron chi connectivity index (χ4n) is 1.65. The number of anilines is 1. The maximum atomic E-state index is 11.9. The number of halogens is 1. The number of aromatic nitrogens is 1. The number of aryl methyl sites for hydroxylation is 1. The first-order chi connectivity index (χ1) is 8.65. The van der Waals surface area contributed by atoms with Gasteiger partial charge in [-0.2, -0.15) is 0 Å². The molecular formula is C14H13BrN2O. The molecule has 1 N–H and O–H groups in total. The number of hydrogen-bond donors (Lipinski definition) is 1. The predicted octanol–water partition coefficient (Wildman–Crippen LogP) is 3.33. The van der Waals surface area contributed by atoms with Crippen LogP contribution >= 0.6 is 15.9 Å². The SMILES string of the molecule is Cc1ccccc1CC(=O)Nc1cccc(Br)n1. The van der Waals surface area contributed by atoms with Crippen molar-refractivity contribution in [3.8, 4) is 0 Å². The van der Waals surface area contributed by atoms with Crippen molar-refractivity contribution < 1.29 is 4.79 Å². The lowest BCUT2D eigenvalue weighted by Crippen LogP contribution is -2.15. The molecule has 2 aromatic rings. The number of carbonyl (C=O) groups excluding carboxylic acids is 1. The van der Waals surface area contributed by atoms with Crippen LogP contribution in [0, 0.1) is 6.92 Å². The van der Waals surface area contributed by atoms with Crippen LogP contribution in [0.15, 0.2) is 47.1 Å².